The van der Waals surface area contributed by atoms with E-state index in [9.17, 15) is 9.18 Å². The van der Waals surface area contributed by atoms with Gasteiger partial charge in [-0.3, -0.25) is 9.69 Å². The van der Waals surface area contributed by atoms with Gasteiger partial charge in [0.05, 0.1) is 6.61 Å². The number of rotatable bonds is 7. The Kier molecular flexibility index (Phi) is 7.35. The van der Waals surface area contributed by atoms with Crippen LogP contribution in [-0.4, -0.2) is 81.1 Å². The third kappa shape index (κ3) is 5.23. The van der Waals surface area contributed by atoms with Crippen molar-refractivity contribution in [2.24, 2.45) is 0 Å². The van der Waals surface area contributed by atoms with E-state index in [0.29, 0.717) is 18.7 Å². The van der Waals surface area contributed by atoms with Crippen LogP contribution in [-0.2, 0) is 9.53 Å². The molecule has 0 spiro atoms. The van der Waals surface area contributed by atoms with Crippen LogP contribution in [0.25, 0.3) is 0 Å². The summed E-state index contributed by atoms with van der Waals surface area (Å²) in [5, 5.41) is 0. The zero-order valence-electron chi connectivity index (χ0n) is 15.7. The molecule has 6 heteroatoms. The minimum Gasteiger partial charge on any atom is -0.383 e. The summed E-state index contributed by atoms with van der Waals surface area (Å²) >= 11 is 0. The number of likely N-dealkylation sites (tertiary alicyclic amines) is 1. The smallest absolute Gasteiger partial charge is 0.244 e. The maximum absolute atomic E-state index is 13.7. The molecule has 140 valence electrons. The fourth-order valence-electron chi connectivity index (χ4n) is 3.46. The molecule has 0 aromatic heterocycles. The Morgan fingerprint density at radius 1 is 1.36 bits per heavy atom. The molecule has 0 N–H and O–H groups in total. The van der Waals surface area contributed by atoms with Gasteiger partial charge in [-0.25, -0.2) is 4.39 Å². The Morgan fingerprint density at radius 2 is 2.04 bits per heavy atom. The van der Waals surface area contributed by atoms with Crippen molar-refractivity contribution in [1.29, 1.82) is 0 Å². The van der Waals surface area contributed by atoms with Gasteiger partial charge in [0.2, 0.25) is 5.91 Å². The molecule has 1 aromatic rings. The van der Waals surface area contributed by atoms with E-state index in [1.54, 1.807) is 13.2 Å². The van der Waals surface area contributed by atoms with Crippen LogP contribution in [0.1, 0.15) is 24.4 Å². The number of carbonyl (C=O) groups excluding carboxylic acids is 1. The Balaban J connectivity index is 2.24. The Hall–Kier alpha value is -1.50. The van der Waals surface area contributed by atoms with Crippen LogP contribution in [0.5, 0.6) is 0 Å². The first-order valence-electron chi connectivity index (χ1n) is 8.84. The minimum atomic E-state index is -0.493. The van der Waals surface area contributed by atoms with Crippen molar-refractivity contribution in [3.63, 3.8) is 0 Å². The van der Waals surface area contributed by atoms with E-state index in [1.807, 2.05) is 30.0 Å². The molecule has 5 nitrogen and oxygen atoms in total. The molecule has 0 unspecified atom stereocenters. The molecule has 1 aliphatic heterocycles. The highest BCUT2D eigenvalue weighted by atomic mass is 19.1. The number of hydrogen-bond acceptors (Lipinski definition) is 4. The number of likely N-dealkylation sites (N-methyl/N-ethyl adjacent to an activating group) is 1. The van der Waals surface area contributed by atoms with Gasteiger partial charge >= 0.3 is 0 Å². The van der Waals surface area contributed by atoms with Crippen molar-refractivity contribution in [2.45, 2.75) is 24.9 Å². The number of halogens is 1. The van der Waals surface area contributed by atoms with Crippen molar-refractivity contribution in [2.75, 3.05) is 54.5 Å². The van der Waals surface area contributed by atoms with Gasteiger partial charge < -0.3 is 14.5 Å². The van der Waals surface area contributed by atoms with E-state index < -0.39 is 6.04 Å². The van der Waals surface area contributed by atoms with Gasteiger partial charge in [0.25, 0.3) is 0 Å². The number of amides is 1. The minimum absolute atomic E-state index is 0.0159. The van der Waals surface area contributed by atoms with E-state index in [1.165, 1.54) is 12.1 Å². The van der Waals surface area contributed by atoms with Crippen molar-refractivity contribution in [1.82, 2.24) is 14.7 Å². The third-order valence-corrected chi connectivity index (χ3v) is 4.86. The molecule has 0 aliphatic carbocycles. The molecule has 1 atom stereocenters. The van der Waals surface area contributed by atoms with Gasteiger partial charge in [-0.1, -0.05) is 12.1 Å². The first-order valence-corrected chi connectivity index (χ1v) is 8.84. The lowest BCUT2D eigenvalue weighted by atomic mass is 9.99. The third-order valence-electron chi connectivity index (χ3n) is 4.86. The molecule has 25 heavy (non-hydrogen) atoms. The number of benzene rings is 1. The second-order valence-electron chi connectivity index (χ2n) is 6.98. The second-order valence-corrected chi connectivity index (χ2v) is 6.98. The van der Waals surface area contributed by atoms with E-state index >= 15 is 0 Å². The van der Waals surface area contributed by atoms with Gasteiger partial charge in [-0.2, -0.15) is 0 Å². The van der Waals surface area contributed by atoms with Crippen LogP contribution in [0, 0.1) is 5.82 Å². The maximum atomic E-state index is 13.7. The molecule has 1 aromatic carbocycles. The van der Waals surface area contributed by atoms with Gasteiger partial charge in [-0.05, 0) is 64.8 Å². The number of carbonyl (C=O) groups is 1. The molecule has 2 rings (SSSR count). The number of nitrogens with zero attached hydrogens (tertiary/aromatic N) is 3. The van der Waals surface area contributed by atoms with E-state index in [0.717, 1.165) is 25.9 Å². The summed E-state index contributed by atoms with van der Waals surface area (Å²) in [5.41, 5.74) is 0.686. The van der Waals surface area contributed by atoms with Gasteiger partial charge in [0.1, 0.15) is 11.9 Å². The van der Waals surface area contributed by atoms with Crippen LogP contribution < -0.4 is 0 Å². The molecular weight excluding hydrogens is 321 g/mol. The average Bonchev–Trinajstić information content (AvgIpc) is 2.56. The number of hydrogen-bond donors (Lipinski definition) is 0. The monoisotopic (exact) mass is 351 g/mol. The highest BCUT2D eigenvalue weighted by molar-refractivity contribution is 5.83. The summed E-state index contributed by atoms with van der Waals surface area (Å²) in [4.78, 5) is 19.4. The SMILES string of the molecule is COCCN(C(=O)[C@@H](c1cccc(F)c1)N(C)C)C1CCN(C)CC1. The van der Waals surface area contributed by atoms with Gasteiger partial charge in [0, 0.05) is 19.7 Å². The molecule has 1 aliphatic rings. The van der Waals surface area contributed by atoms with Gasteiger partial charge in [-0.15, -0.1) is 0 Å². The first-order chi connectivity index (χ1) is 11.9. The zero-order valence-corrected chi connectivity index (χ0v) is 15.7. The predicted octanol–water partition coefficient (Wildman–Crippen LogP) is 2.00. The van der Waals surface area contributed by atoms with Crippen molar-refractivity contribution >= 4 is 5.91 Å². The fourth-order valence-corrected chi connectivity index (χ4v) is 3.46. The van der Waals surface area contributed by atoms with Crippen LogP contribution in [0.2, 0.25) is 0 Å². The molecule has 1 heterocycles. The Morgan fingerprint density at radius 3 is 2.60 bits per heavy atom. The fraction of sp³-hybridized carbons (Fsp3) is 0.632. The molecule has 0 radical (unpaired) electrons. The average molecular weight is 351 g/mol. The van der Waals surface area contributed by atoms with E-state index in [-0.39, 0.29) is 17.8 Å². The summed E-state index contributed by atoms with van der Waals surface area (Å²) in [6, 6.07) is 6.03. The van der Waals surface area contributed by atoms with E-state index in [4.69, 9.17) is 4.74 Å². The van der Waals surface area contributed by atoms with Gasteiger partial charge in [0.15, 0.2) is 0 Å². The molecular formula is C19H30FN3O2. The molecule has 0 saturated carbocycles. The maximum Gasteiger partial charge on any atom is 0.244 e. The van der Waals surface area contributed by atoms with Crippen LogP contribution in [0.3, 0.4) is 0 Å². The summed E-state index contributed by atoms with van der Waals surface area (Å²) in [7, 11) is 7.47. The topological polar surface area (TPSA) is 36.0 Å². The van der Waals surface area contributed by atoms with Crippen molar-refractivity contribution in [3.05, 3.63) is 35.6 Å². The van der Waals surface area contributed by atoms with Crippen LogP contribution in [0.4, 0.5) is 4.39 Å². The molecule has 0 bridgehead atoms. The quantitative estimate of drug-likeness (QED) is 0.753. The normalized spacial score (nSPS) is 17.7. The van der Waals surface area contributed by atoms with Crippen LogP contribution >= 0.6 is 0 Å². The number of methoxy groups -OCH3 is 1. The summed E-state index contributed by atoms with van der Waals surface area (Å²) in [6.07, 6.45) is 1.91. The van der Waals surface area contributed by atoms with Crippen LogP contribution in [0.15, 0.2) is 24.3 Å². The van der Waals surface area contributed by atoms with Crippen molar-refractivity contribution < 1.29 is 13.9 Å². The highest BCUT2D eigenvalue weighted by Crippen LogP contribution is 2.25. The number of piperidine rings is 1. The number of ether oxygens (including phenoxy) is 1. The summed E-state index contributed by atoms with van der Waals surface area (Å²) in [6.45, 7) is 3.02. The summed E-state index contributed by atoms with van der Waals surface area (Å²) in [5.74, 6) is -0.304. The molecule has 1 amide bonds. The molecule has 1 fully saturated rings. The second kappa shape index (κ2) is 9.27. The first kappa shape index (κ1) is 19.8. The Labute approximate surface area is 150 Å². The summed E-state index contributed by atoms with van der Waals surface area (Å²) < 4.78 is 18.9. The van der Waals surface area contributed by atoms with E-state index in [2.05, 4.69) is 11.9 Å². The highest BCUT2D eigenvalue weighted by Gasteiger charge is 2.33. The Bertz CT molecular complexity index is 559. The lowest BCUT2D eigenvalue weighted by Gasteiger charge is -2.40. The lowest BCUT2D eigenvalue weighted by molar-refractivity contribution is -0.140. The zero-order chi connectivity index (χ0) is 18.4. The predicted molar refractivity (Wildman–Crippen MR) is 96.9 cm³/mol. The lowest BCUT2D eigenvalue weighted by Crippen LogP contribution is -2.51. The largest absolute Gasteiger partial charge is 0.383 e. The molecule has 1 saturated heterocycles. The van der Waals surface area contributed by atoms with Crippen molar-refractivity contribution in [3.8, 4) is 0 Å². The standard InChI is InChI=1S/C19H30FN3O2/c1-21(2)18(15-6-5-7-16(20)14-15)19(24)23(12-13-25-4)17-8-10-22(3)11-9-17/h5-7,14,17-18H,8-13H2,1-4H3/t18-/m1/s1.